The summed E-state index contributed by atoms with van der Waals surface area (Å²) in [5, 5.41) is 61.8. The minimum Gasteiger partial charge on any atom is -0.508 e. The number of phenols is 1. The van der Waals surface area contributed by atoms with E-state index in [2.05, 4.69) is 47.5 Å². The second-order valence-corrected chi connectivity index (χ2v) is 21.7. The average molecular weight is 1210 g/mol. The third-order valence-corrected chi connectivity index (χ3v) is 15.2. The van der Waals surface area contributed by atoms with Gasteiger partial charge in [0.1, 0.15) is 18.0 Å². The summed E-state index contributed by atoms with van der Waals surface area (Å²) < 4.78 is 0. The fourth-order valence-electron chi connectivity index (χ4n) is 10.3. The summed E-state index contributed by atoms with van der Waals surface area (Å²) in [5.41, 5.74) is 8.87. The molecular weight excluding hydrogens is 1120 g/mol. The highest BCUT2D eigenvalue weighted by Gasteiger charge is 2.30. The van der Waals surface area contributed by atoms with Crippen molar-refractivity contribution in [2.45, 2.75) is 83.0 Å². The Bertz CT molecular complexity index is 2670. The lowest BCUT2D eigenvalue weighted by Crippen LogP contribution is -2.54. The van der Waals surface area contributed by atoms with Crippen molar-refractivity contribution in [3.8, 4) is 5.75 Å². The Kier molecular flexibility index (Phi) is 30.4. The summed E-state index contributed by atoms with van der Waals surface area (Å²) in [7, 11) is 0. The summed E-state index contributed by atoms with van der Waals surface area (Å²) in [6.07, 6.45) is 4.40. The minimum absolute atomic E-state index is 0.0128. The van der Waals surface area contributed by atoms with E-state index in [-0.39, 0.29) is 127 Å². The van der Waals surface area contributed by atoms with Gasteiger partial charge in [-0.2, -0.15) is 0 Å². The number of carboxylic acids is 3. The molecule has 0 radical (unpaired) electrons. The Balaban J connectivity index is 1.09. The largest absolute Gasteiger partial charge is 0.508 e. The number of hydrogen-bond donors (Lipinski definition) is 13. The summed E-state index contributed by atoms with van der Waals surface area (Å²) in [6, 6.07) is 21.4. The Morgan fingerprint density at radius 3 is 1.80 bits per heavy atom. The van der Waals surface area contributed by atoms with E-state index >= 15 is 0 Å². The number of aliphatic carboxylic acids is 3. The maximum Gasteiger partial charge on any atom is 0.321 e. The fourth-order valence-corrected chi connectivity index (χ4v) is 10.3. The zero-order valence-corrected chi connectivity index (χ0v) is 49.6. The number of nitrogens with two attached hydrogens (primary N) is 1. The number of carbonyl (C=O) groups excluding carboxylic acids is 6. The number of anilines is 1. The first-order valence-electron chi connectivity index (χ1n) is 29.8. The minimum atomic E-state index is -1.04. The number of urea groups is 1. The van der Waals surface area contributed by atoms with Gasteiger partial charge < -0.3 is 62.9 Å². The van der Waals surface area contributed by atoms with E-state index < -0.39 is 53.9 Å². The van der Waals surface area contributed by atoms with E-state index in [1.54, 1.807) is 33.8 Å². The molecule has 1 heterocycles. The number of aromatic hydroxyl groups is 1. The molecule has 1 saturated carbocycles. The topological polar surface area (TPSA) is 382 Å². The molecule has 0 bridgehead atoms. The Hall–Kier alpha value is -8.24. The predicted octanol–water partition coefficient (Wildman–Crippen LogP) is 0.560. The van der Waals surface area contributed by atoms with Gasteiger partial charge in [-0.1, -0.05) is 61.5 Å². The average Bonchev–Trinajstić information content (AvgIpc) is 3.51. The van der Waals surface area contributed by atoms with Crippen molar-refractivity contribution in [3.63, 3.8) is 0 Å². The van der Waals surface area contributed by atoms with Crippen LogP contribution < -0.4 is 48.3 Å². The lowest BCUT2D eigenvalue weighted by atomic mass is 9.81. The number of aldehydes is 1. The number of rotatable bonds is 32. The van der Waals surface area contributed by atoms with E-state index in [4.69, 9.17) is 5.73 Å². The molecule has 1 aliphatic heterocycles. The highest BCUT2D eigenvalue weighted by atomic mass is 16.4. The second kappa shape index (κ2) is 38.0. The number of hydrogen-bond acceptors (Lipinski definition) is 17. The molecule has 1 saturated heterocycles. The molecule has 3 atom stereocenters. The molecule has 6 amide bonds. The monoisotopic (exact) mass is 1210 g/mol. The molecule has 3 aromatic rings. The number of benzene rings is 3. The van der Waals surface area contributed by atoms with Crippen molar-refractivity contribution < 1.29 is 63.6 Å². The number of carboxylic acid groups (broad SMARTS) is 3. The van der Waals surface area contributed by atoms with Crippen molar-refractivity contribution in [1.29, 1.82) is 0 Å². The van der Waals surface area contributed by atoms with Crippen LogP contribution in [0.2, 0.25) is 0 Å². The standard InChI is InChI=1S/C60H88N14O13/c1-2-51(77)63-26-27-66-60(87)70-59(61)65-23-6-10-49(57(85)68-37-43-13-21-48(76)22-14-43)69-58(86)55(44-8-4-3-5-9-44)45-17-19-47(20-18-45)62-24-7-25-64-56(84)46-15-11-42(12-16-46)36-67-50(41-75)74-34-32-72(39-53(80)81)30-28-71(38-52(78)79)29-31-73(33-35-74)40-54(82)83/h3-5,8-9,13-14,17-22,41-42,46,49-50,55,62,67,76H,2,6-7,10-12,15-16,23-40H2,1H3,(H,63,77)(H,64,84)(H,68,85)(H,69,86)(H,78,79)(H,80,81)(H,82,83)(H4,61,65,66,70,87)/t42?,46?,49-,50?,55+/m1/s1. The highest BCUT2D eigenvalue weighted by Crippen LogP contribution is 2.29. The van der Waals surface area contributed by atoms with E-state index in [0.717, 1.165) is 30.4 Å². The first kappa shape index (κ1) is 69.5. The lowest BCUT2D eigenvalue weighted by molar-refractivity contribution is -0.140. The first-order valence-corrected chi connectivity index (χ1v) is 29.8. The summed E-state index contributed by atoms with van der Waals surface area (Å²) >= 11 is 0. The number of aliphatic imine (C=N–C) groups is 1. The van der Waals surface area contributed by atoms with Gasteiger partial charge in [0.25, 0.3) is 0 Å². The fraction of sp³-hybridized carbons (Fsp3) is 0.533. The van der Waals surface area contributed by atoms with Crippen LogP contribution in [0.4, 0.5) is 10.5 Å². The smallest absolute Gasteiger partial charge is 0.321 e. The van der Waals surface area contributed by atoms with Crippen molar-refractivity contribution in [2.75, 3.05) is 117 Å². The number of guanidine groups is 1. The van der Waals surface area contributed by atoms with Gasteiger partial charge in [-0.15, -0.1) is 0 Å². The van der Waals surface area contributed by atoms with Crippen molar-refractivity contribution in [1.82, 2.24) is 56.8 Å². The maximum absolute atomic E-state index is 14.4. The van der Waals surface area contributed by atoms with Gasteiger partial charge in [-0.3, -0.25) is 68.8 Å². The molecule has 476 valence electrons. The molecular formula is C60H88N14O13. The molecule has 0 aromatic heterocycles. The Morgan fingerprint density at radius 2 is 1.23 bits per heavy atom. The summed E-state index contributed by atoms with van der Waals surface area (Å²) in [4.78, 5) is 124. The van der Waals surface area contributed by atoms with Gasteiger partial charge in [0.05, 0.1) is 25.6 Å². The van der Waals surface area contributed by atoms with Crippen molar-refractivity contribution in [2.24, 2.45) is 22.6 Å². The molecule has 0 spiro atoms. The van der Waals surface area contributed by atoms with Crippen molar-refractivity contribution >= 4 is 65.5 Å². The van der Waals surface area contributed by atoms with Crippen molar-refractivity contribution in [3.05, 3.63) is 95.6 Å². The Morgan fingerprint density at radius 1 is 0.655 bits per heavy atom. The lowest BCUT2D eigenvalue weighted by Gasteiger charge is -2.36. The van der Waals surface area contributed by atoms with Crippen LogP contribution in [-0.2, 0) is 44.9 Å². The van der Waals surface area contributed by atoms with Crippen LogP contribution in [0, 0.1) is 11.8 Å². The van der Waals surface area contributed by atoms with Crippen LogP contribution in [0.1, 0.15) is 80.9 Å². The highest BCUT2D eigenvalue weighted by molar-refractivity contribution is 5.95. The second-order valence-electron chi connectivity index (χ2n) is 21.7. The van der Waals surface area contributed by atoms with Gasteiger partial charge in [0.2, 0.25) is 23.6 Å². The predicted molar refractivity (Wildman–Crippen MR) is 325 cm³/mol. The molecule has 1 unspecified atom stereocenters. The van der Waals surface area contributed by atoms with Crippen LogP contribution in [0.25, 0.3) is 0 Å². The van der Waals surface area contributed by atoms with E-state index in [0.29, 0.717) is 76.0 Å². The number of nitrogens with zero attached hydrogens (tertiary/aromatic N) is 5. The van der Waals surface area contributed by atoms with Gasteiger partial charge >= 0.3 is 23.9 Å². The van der Waals surface area contributed by atoms with Gasteiger partial charge in [0.15, 0.2) is 12.2 Å². The number of carbonyl (C=O) groups is 9. The summed E-state index contributed by atoms with van der Waals surface area (Å²) in [5.74, 6) is -4.93. The van der Waals surface area contributed by atoms with Crippen LogP contribution >= 0.6 is 0 Å². The van der Waals surface area contributed by atoms with Crippen LogP contribution in [-0.4, -0.2) is 223 Å². The molecule has 14 N–H and O–H groups in total. The zero-order valence-electron chi connectivity index (χ0n) is 49.6. The van der Waals surface area contributed by atoms with E-state index in [1.165, 1.54) is 12.1 Å². The van der Waals surface area contributed by atoms with Crippen LogP contribution in [0.3, 0.4) is 0 Å². The van der Waals surface area contributed by atoms with Crippen LogP contribution in [0.5, 0.6) is 5.75 Å². The molecule has 5 rings (SSSR count). The number of phenolic OH excluding ortho intramolecular Hbond substituents is 1. The SMILES string of the molecule is CCC(=O)NCCNC(=O)NC(N)=NCCC[C@@H](NC(=O)[C@@H](c1ccccc1)c1ccc(NCCCNC(=O)C2CCC(CNC(C=O)N3CCN(CC(=O)O)CCN(CC(=O)O)CCN(CC(=O)O)CC3)CC2)cc1)C(=O)NCc1ccc(O)cc1. The summed E-state index contributed by atoms with van der Waals surface area (Å²) in [6.45, 7) is 5.36. The van der Waals surface area contributed by atoms with Gasteiger partial charge in [-0.25, -0.2) is 4.79 Å². The zero-order chi connectivity index (χ0) is 62.9. The van der Waals surface area contributed by atoms with E-state index in [9.17, 15) is 63.6 Å². The third kappa shape index (κ3) is 26.5. The Labute approximate surface area is 507 Å². The molecule has 2 fully saturated rings. The van der Waals surface area contributed by atoms with E-state index in [1.807, 2.05) is 59.5 Å². The maximum atomic E-state index is 14.4. The normalized spacial score (nSPS) is 17.8. The van der Waals surface area contributed by atoms with Crippen LogP contribution in [0.15, 0.2) is 83.9 Å². The van der Waals surface area contributed by atoms with Gasteiger partial charge in [0, 0.05) is 110 Å². The van der Waals surface area contributed by atoms with Gasteiger partial charge in [-0.05, 0) is 98.4 Å². The molecule has 27 heteroatoms. The molecule has 27 nitrogen and oxygen atoms in total. The molecule has 87 heavy (non-hydrogen) atoms. The first-order chi connectivity index (χ1) is 41.9. The molecule has 1 aliphatic carbocycles. The molecule has 2 aliphatic rings. The quantitative estimate of drug-likeness (QED) is 0.0176. The molecule has 3 aromatic carbocycles. The number of nitrogens with one attached hydrogen (secondary N) is 8. The number of amides is 6. The third-order valence-electron chi connectivity index (χ3n) is 15.2.